The molecule has 1 N–H and O–H groups in total. The number of rotatable bonds is 7. The van der Waals surface area contributed by atoms with Crippen LogP contribution in [0.25, 0.3) is 10.2 Å². The van der Waals surface area contributed by atoms with Gasteiger partial charge in [0.2, 0.25) is 5.91 Å². The average Bonchev–Trinajstić information content (AvgIpc) is 3.10. The lowest BCUT2D eigenvalue weighted by Crippen LogP contribution is -2.37. The van der Waals surface area contributed by atoms with Crippen LogP contribution < -0.4 is 5.32 Å². The second kappa shape index (κ2) is 9.44. The Hall–Kier alpha value is -2.98. The molecule has 3 aromatic rings. The van der Waals surface area contributed by atoms with Crippen molar-refractivity contribution in [3.05, 3.63) is 95.6 Å². The SMILES string of the molecule is C=C/C=C(\C=C/C)C(c1ccccc1)C(C)(C)C(=O)Nc1nc2cc(C)c(C)cc2s1. The molecule has 0 spiro atoms. The minimum atomic E-state index is -0.723. The second-order valence-corrected chi connectivity index (χ2v) is 9.38. The number of hydrogen-bond acceptors (Lipinski definition) is 3. The molecule has 1 amide bonds. The van der Waals surface area contributed by atoms with E-state index in [2.05, 4.69) is 61.1 Å². The van der Waals surface area contributed by atoms with E-state index in [1.165, 1.54) is 22.5 Å². The van der Waals surface area contributed by atoms with Gasteiger partial charge in [0.1, 0.15) is 0 Å². The second-order valence-electron chi connectivity index (χ2n) is 8.35. The van der Waals surface area contributed by atoms with Crippen molar-refractivity contribution in [3.8, 4) is 0 Å². The highest BCUT2D eigenvalue weighted by molar-refractivity contribution is 7.22. The molecule has 2 aromatic carbocycles. The van der Waals surface area contributed by atoms with Crippen molar-refractivity contribution < 1.29 is 4.79 Å². The van der Waals surface area contributed by atoms with Gasteiger partial charge in [-0.25, -0.2) is 4.98 Å². The Morgan fingerprint density at radius 3 is 2.48 bits per heavy atom. The van der Waals surface area contributed by atoms with Gasteiger partial charge in [0, 0.05) is 5.92 Å². The van der Waals surface area contributed by atoms with E-state index >= 15 is 0 Å². The normalized spacial score (nSPS) is 13.5. The van der Waals surface area contributed by atoms with Crippen molar-refractivity contribution in [2.24, 2.45) is 5.41 Å². The van der Waals surface area contributed by atoms with Gasteiger partial charge in [-0.1, -0.05) is 86.4 Å². The number of nitrogens with one attached hydrogen (secondary N) is 1. The maximum atomic E-state index is 13.6. The summed E-state index contributed by atoms with van der Waals surface area (Å²) in [4.78, 5) is 18.2. The van der Waals surface area contributed by atoms with Gasteiger partial charge in [-0.15, -0.1) is 0 Å². The van der Waals surface area contributed by atoms with Crippen LogP contribution in [0.4, 0.5) is 5.13 Å². The third-order valence-electron chi connectivity index (χ3n) is 5.67. The third kappa shape index (κ3) is 4.86. The fraction of sp³-hybridized carbons (Fsp3) is 0.259. The zero-order valence-electron chi connectivity index (χ0n) is 18.9. The molecule has 0 fully saturated rings. The molecule has 4 heteroatoms. The van der Waals surface area contributed by atoms with Gasteiger partial charge in [-0.3, -0.25) is 4.79 Å². The number of anilines is 1. The first-order valence-electron chi connectivity index (χ1n) is 10.5. The third-order valence-corrected chi connectivity index (χ3v) is 6.60. The standard InChI is InChI=1S/C27H30N2OS/c1-7-12-20(13-8-2)24(21-14-10-9-11-15-21)27(5,6)25(30)29-26-28-22-16-18(3)19(4)17-23(22)31-26/h7-17,24H,1H2,2-6H3,(H,28,29,30)/b13-8-,20-12+. The zero-order valence-corrected chi connectivity index (χ0v) is 19.7. The largest absolute Gasteiger partial charge is 0.301 e. The Balaban J connectivity index is 1.99. The molecule has 3 rings (SSSR count). The molecule has 0 aliphatic rings. The number of carbonyl (C=O) groups is 1. The monoisotopic (exact) mass is 430 g/mol. The van der Waals surface area contributed by atoms with Crippen LogP contribution in [-0.2, 0) is 4.79 Å². The lowest BCUT2D eigenvalue weighted by Gasteiger charge is -2.34. The number of aryl methyl sites for hydroxylation is 2. The summed E-state index contributed by atoms with van der Waals surface area (Å²) in [6.07, 6.45) is 7.81. The van der Waals surface area contributed by atoms with Gasteiger partial charge in [0.05, 0.1) is 15.6 Å². The van der Waals surface area contributed by atoms with E-state index in [1.807, 2.05) is 51.1 Å². The molecule has 1 aromatic heterocycles. The van der Waals surface area contributed by atoms with E-state index in [1.54, 1.807) is 6.08 Å². The summed E-state index contributed by atoms with van der Waals surface area (Å²) in [6.45, 7) is 14.0. The topological polar surface area (TPSA) is 42.0 Å². The molecular formula is C27H30N2OS. The molecule has 0 aliphatic heterocycles. The van der Waals surface area contributed by atoms with Gasteiger partial charge in [0.25, 0.3) is 0 Å². The van der Waals surface area contributed by atoms with Crippen molar-refractivity contribution in [2.75, 3.05) is 5.32 Å². The summed E-state index contributed by atoms with van der Waals surface area (Å²) >= 11 is 1.51. The van der Waals surface area contributed by atoms with Crippen LogP contribution in [0.2, 0.25) is 0 Å². The maximum absolute atomic E-state index is 13.6. The van der Waals surface area contributed by atoms with Crippen molar-refractivity contribution >= 4 is 32.6 Å². The highest BCUT2D eigenvalue weighted by Crippen LogP contribution is 2.43. The predicted molar refractivity (Wildman–Crippen MR) is 134 cm³/mol. The molecule has 3 nitrogen and oxygen atoms in total. The van der Waals surface area contributed by atoms with E-state index < -0.39 is 5.41 Å². The molecule has 160 valence electrons. The molecule has 1 atom stereocenters. The Labute approximate surface area is 189 Å². The number of carbonyl (C=O) groups excluding carboxylic acids is 1. The molecule has 0 radical (unpaired) electrons. The molecule has 0 saturated heterocycles. The molecule has 1 unspecified atom stereocenters. The van der Waals surface area contributed by atoms with Crippen molar-refractivity contribution in [3.63, 3.8) is 0 Å². The molecule has 0 saturated carbocycles. The zero-order chi connectivity index (χ0) is 22.6. The number of benzene rings is 2. The van der Waals surface area contributed by atoms with Crippen LogP contribution >= 0.6 is 11.3 Å². The highest BCUT2D eigenvalue weighted by Gasteiger charge is 2.39. The summed E-state index contributed by atoms with van der Waals surface area (Å²) in [5, 5.41) is 3.72. The van der Waals surface area contributed by atoms with Crippen LogP contribution in [0.15, 0.2) is 78.9 Å². The van der Waals surface area contributed by atoms with Gasteiger partial charge in [-0.2, -0.15) is 0 Å². The number of aromatic nitrogens is 1. The van der Waals surface area contributed by atoms with Gasteiger partial charge >= 0.3 is 0 Å². The Bertz CT molecular complexity index is 1110. The minimum Gasteiger partial charge on any atom is -0.301 e. The van der Waals surface area contributed by atoms with Crippen LogP contribution in [0.5, 0.6) is 0 Å². The molecule has 31 heavy (non-hydrogen) atoms. The fourth-order valence-electron chi connectivity index (χ4n) is 3.87. The number of hydrogen-bond donors (Lipinski definition) is 1. The lowest BCUT2D eigenvalue weighted by atomic mass is 9.70. The van der Waals surface area contributed by atoms with E-state index in [9.17, 15) is 4.79 Å². The van der Waals surface area contributed by atoms with Gasteiger partial charge < -0.3 is 5.32 Å². The first kappa shape index (κ1) is 22.7. The van der Waals surface area contributed by atoms with E-state index in [0.717, 1.165) is 21.4 Å². The van der Waals surface area contributed by atoms with Crippen LogP contribution in [0.3, 0.4) is 0 Å². The average molecular weight is 431 g/mol. The number of fused-ring (bicyclic) bond motifs is 1. The smallest absolute Gasteiger partial charge is 0.232 e. The number of thiazole rings is 1. The highest BCUT2D eigenvalue weighted by atomic mass is 32.1. The summed E-state index contributed by atoms with van der Waals surface area (Å²) in [7, 11) is 0. The van der Waals surface area contributed by atoms with Gasteiger partial charge in [-0.05, 0) is 55.2 Å². The quantitative estimate of drug-likeness (QED) is 0.398. The molecule has 1 heterocycles. The van der Waals surface area contributed by atoms with E-state index in [0.29, 0.717) is 5.13 Å². The first-order valence-corrected chi connectivity index (χ1v) is 11.3. The minimum absolute atomic E-state index is 0.0617. The molecular weight excluding hydrogens is 400 g/mol. The van der Waals surface area contributed by atoms with Crippen LogP contribution in [0.1, 0.15) is 43.4 Å². The fourth-order valence-corrected chi connectivity index (χ4v) is 4.81. The number of allylic oxidation sites excluding steroid dienone is 5. The molecule has 0 bridgehead atoms. The number of amides is 1. The number of nitrogens with zero attached hydrogens (tertiary/aromatic N) is 1. The van der Waals surface area contributed by atoms with Crippen LogP contribution in [0, 0.1) is 19.3 Å². The Kier molecular flexibility index (Phi) is 6.91. The lowest BCUT2D eigenvalue weighted by molar-refractivity contribution is -0.124. The van der Waals surface area contributed by atoms with Gasteiger partial charge in [0.15, 0.2) is 5.13 Å². The predicted octanol–water partition coefficient (Wildman–Crippen LogP) is 7.35. The van der Waals surface area contributed by atoms with E-state index in [4.69, 9.17) is 0 Å². The van der Waals surface area contributed by atoms with Crippen LogP contribution in [-0.4, -0.2) is 10.9 Å². The summed E-state index contributed by atoms with van der Waals surface area (Å²) in [6, 6.07) is 14.4. The van der Waals surface area contributed by atoms with Crippen molar-refractivity contribution in [1.82, 2.24) is 4.98 Å². The summed E-state index contributed by atoms with van der Waals surface area (Å²) in [5.41, 5.74) is 4.75. The van der Waals surface area contributed by atoms with E-state index in [-0.39, 0.29) is 11.8 Å². The maximum Gasteiger partial charge on any atom is 0.232 e. The molecule has 0 aliphatic carbocycles. The van der Waals surface area contributed by atoms with Crippen molar-refractivity contribution in [2.45, 2.75) is 40.5 Å². The summed E-state index contributed by atoms with van der Waals surface area (Å²) < 4.78 is 1.08. The first-order chi connectivity index (χ1) is 14.8. The van der Waals surface area contributed by atoms with Crippen molar-refractivity contribution in [1.29, 1.82) is 0 Å². The summed E-state index contributed by atoms with van der Waals surface area (Å²) in [5.74, 6) is -0.199. The Morgan fingerprint density at radius 1 is 1.16 bits per heavy atom. The Morgan fingerprint density at radius 2 is 1.84 bits per heavy atom.